The first-order valence-corrected chi connectivity index (χ1v) is 17.3. The van der Waals surface area contributed by atoms with Crippen LogP contribution in [-0.2, 0) is 9.47 Å². The molecule has 0 bridgehead atoms. The van der Waals surface area contributed by atoms with Gasteiger partial charge in [0.25, 0.3) is 0 Å². The zero-order chi connectivity index (χ0) is 30.7. The van der Waals surface area contributed by atoms with E-state index in [0.29, 0.717) is 24.7 Å². The Morgan fingerprint density at radius 3 is 1.51 bits per heavy atom. The highest BCUT2D eigenvalue weighted by atomic mass is 79.9. The highest BCUT2D eigenvalue weighted by molar-refractivity contribution is 9.10. The van der Waals surface area contributed by atoms with Crippen LogP contribution in [0.2, 0.25) is 0 Å². The summed E-state index contributed by atoms with van der Waals surface area (Å²) in [7, 11) is 0. The SMILES string of the molecule is CCCCCCCCOCC(O)COc1c2ccccc2c(OCC(O)COCCCCCCCC)c2cc(Br)ccc12. The van der Waals surface area contributed by atoms with E-state index in [1.165, 1.54) is 51.4 Å². The summed E-state index contributed by atoms with van der Waals surface area (Å²) >= 11 is 3.60. The average molecular weight is 662 g/mol. The molecular weight excluding hydrogens is 608 g/mol. The molecule has 3 rings (SSSR count). The van der Waals surface area contributed by atoms with Gasteiger partial charge in [0.2, 0.25) is 0 Å². The number of rotatable bonds is 24. The molecule has 3 aromatic carbocycles. The minimum atomic E-state index is -0.733. The number of ether oxygens (including phenoxy) is 4. The van der Waals surface area contributed by atoms with Crippen LogP contribution in [0.5, 0.6) is 11.5 Å². The molecule has 0 aromatic heterocycles. The van der Waals surface area contributed by atoms with Crippen molar-refractivity contribution >= 4 is 37.5 Å². The number of aliphatic hydroxyl groups is 2. The third kappa shape index (κ3) is 12.6. The summed E-state index contributed by atoms with van der Waals surface area (Å²) in [5.74, 6) is 1.39. The molecule has 2 unspecified atom stereocenters. The molecule has 2 N–H and O–H groups in total. The van der Waals surface area contributed by atoms with Crippen LogP contribution in [0.25, 0.3) is 21.5 Å². The molecule has 0 aliphatic carbocycles. The van der Waals surface area contributed by atoms with E-state index in [9.17, 15) is 10.2 Å². The Morgan fingerprint density at radius 2 is 1.00 bits per heavy atom. The summed E-state index contributed by atoms with van der Waals surface area (Å²) in [6, 6.07) is 13.9. The Labute approximate surface area is 267 Å². The summed E-state index contributed by atoms with van der Waals surface area (Å²) in [6.45, 7) is 6.50. The highest BCUT2D eigenvalue weighted by Crippen LogP contribution is 2.43. The van der Waals surface area contributed by atoms with Crippen molar-refractivity contribution in [2.45, 2.75) is 103 Å². The second kappa shape index (κ2) is 20.9. The molecule has 2 atom stereocenters. The first kappa shape index (κ1) is 35.6. The van der Waals surface area contributed by atoms with Crippen molar-refractivity contribution in [3.8, 4) is 11.5 Å². The van der Waals surface area contributed by atoms with Crippen LogP contribution >= 0.6 is 15.9 Å². The second-order valence-electron chi connectivity index (χ2n) is 11.5. The topological polar surface area (TPSA) is 77.4 Å². The smallest absolute Gasteiger partial charge is 0.135 e. The quantitative estimate of drug-likeness (QED) is 0.0737. The lowest BCUT2D eigenvalue weighted by Crippen LogP contribution is -2.24. The van der Waals surface area contributed by atoms with Crippen LogP contribution in [0.15, 0.2) is 46.9 Å². The molecule has 7 heteroatoms. The van der Waals surface area contributed by atoms with Gasteiger partial charge in [-0.2, -0.15) is 0 Å². The van der Waals surface area contributed by atoms with E-state index in [4.69, 9.17) is 18.9 Å². The molecule has 0 saturated carbocycles. The van der Waals surface area contributed by atoms with Crippen LogP contribution in [0, 0.1) is 0 Å². The van der Waals surface area contributed by atoms with Gasteiger partial charge in [0, 0.05) is 39.2 Å². The summed E-state index contributed by atoms with van der Waals surface area (Å²) in [5, 5.41) is 24.7. The molecule has 0 amide bonds. The van der Waals surface area contributed by atoms with E-state index < -0.39 is 12.2 Å². The van der Waals surface area contributed by atoms with Gasteiger partial charge in [-0.1, -0.05) is 118 Å². The molecule has 43 heavy (non-hydrogen) atoms. The lowest BCUT2D eigenvalue weighted by Gasteiger charge is -2.20. The van der Waals surface area contributed by atoms with Crippen molar-refractivity contribution in [1.29, 1.82) is 0 Å². The largest absolute Gasteiger partial charge is 0.489 e. The number of hydrogen-bond donors (Lipinski definition) is 2. The Bertz CT molecular complexity index is 1190. The Hall–Kier alpha value is -1.90. The van der Waals surface area contributed by atoms with Gasteiger partial charge in [-0.15, -0.1) is 0 Å². The first-order valence-electron chi connectivity index (χ1n) is 16.5. The highest BCUT2D eigenvalue weighted by Gasteiger charge is 2.19. The average Bonchev–Trinajstić information content (AvgIpc) is 3.01. The van der Waals surface area contributed by atoms with Gasteiger partial charge in [0.15, 0.2) is 0 Å². The molecule has 0 radical (unpaired) electrons. The fourth-order valence-corrected chi connectivity index (χ4v) is 5.61. The Kier molecular flexibility index (Phi) is 17.3. The summed E-state index contributed by atoms with van der Waals surface area (Å²) < 4.78 is 24.9. The predicted molar refractivity (Wildman–Crippen MR) is 181 cm³/mol. The van der Waals surface area contributed by atoms with E-state index in [2.05, 4.69) is 29.8 Å². The summed E-state index contributed by atoms with van der Waals surface area (Å²) in [4.78, 5) is 0. The molecule has 3 aromatic rings. The van der Waals surface area contributed by atoms with Crippen LogP contribution < -0.4 is 9.47 Å². The number of aliphatic hydroxyl groups excluding tert-OH is 2. The maximum atomic E-state index is 10.6. The van der Waals surface area contributed by atoms with Crippen molar-refractivity contribution in [1.82, 2.24) is 0 Å². The van der Waals surface area contributed by atoms with Crippen molar-refractivity contribution < 1.29 is 29.2 Å². The fraction of sp³-hybridized carbons (Fsp3) is 0.611. The lowest BCUT2D eigenvalue weighted by molar-refractivity contribution is 0.0111. The Morgan fingerprint density at radius 1 is 0.558 bits per heavy atom. The van der Waals surface area contributed by atoms with Gasteiger partial charge >= 0.3 is 0 Å². The maximum absolute atomic E-state index is 10.6. The molecule has 0 spiro atoms. The number of benzene rings is 3. The van der Waals surface area contributed by atoms with E-state index in [0.717, 1.165) is 51.7 Å². The van der Waals surface area contributed by atoms with Gasteiger partial charge in [-0.25, -0.2) is 0 Å². The fourth-order valence-electron chi connectivity index (χ4n) is 5.25. The molecule has 0 fully saturated rings. The van der Waals surface area contributed by atoms with Gasteiger partial charge in [-0.3, -0.25) is 0 Å². The van der Waals surface area contributed by atoms with E-state index >= 15 is 0 Å². The van der Waals surface area contributed by atoms with Crippen molar-refractivity contribution in [2.24, 2.45) is 0 Å². The maximum Gasteiger partial charge on any atom is 0.135 e. The lowest BCUT2D eigenvalue weighted by atomic mass is 10.0. The molecule has 240 valence electrons. The van der Waals surface area contributed by atoms with E-state index in [1.54, 1.807) is 0 Å². The third-order valence-electron chi connectivity index (χ3n) is 7.63. The van der Waals surface area contributed by atoms with Crippen molar-refractivity contribution in [3.05, 3.63) is 46.9 Å². The van der Waals surface area contributed by atoms with E-state index in [1.807, 2.05) is 42.5 Å². The second-order valence-corrected chi connectivity index (χ2v) is 12.4. The third-order valence-corrected chi connectivity index (χ3v) is 8.13. The zero-order valence-corrected chi connectivity index (χ0v) is 27.9. The van der Waals surface area contributed by atoms with Crippen LogP contribution in [0.3, 0.4) is 0 Å². The van der Waals surface area contributed by atoms with Gasteiger partial charge in [0.1, 0.15) is 36.9 Å². The Balaban J connectivity index is 1.59. The van der Waals surface area contributed by atoms with Gasteiger partial charge in [0.05, 0.1) is 13.2 Å². The molecule has 0 saturated heterocycles. The summed E-state index contributed by atoms with van der Waals surface area (Å²) in [6.07, 6.45) is 13.0. The van der Waals surface area contributed by atoms with Crippen molar-refractivity contribution in [2.75, 3.05) is 39.6 Å². The van der Waals surface area contributed by atoms with Gasteiger partial charge in [-0.05, 0) is 31.0 Å². The number of fused-ring (bicyclic) bond motifs is 2. The normalized spacial score (nSPS) is 13.0. The minimum Gasteiger partial charge on any atom is -0.489 e. The first-order chi connectivity index (χ1) is 21.0. The molecule has 0 aliphatic rings. The molecule has 6 nitrogen and oxygen atoms in total. The molecule has 0 heterocycles. The van der Waals surface area contributed by atoms with Gasteiger partial charge < -0.3 is 29.2 Å². The standard InChI is InChI=1S/C36H53BrO6/c1-3-5-7-9-11-15-21-40-24-29(38)26-42-35-31-17-13-14-18-32(31)36(34-23-28(37)19-20-33(34)35)43-27-30(39)25-41-22-16-12-10-8-6-4-2/h13-14,17-20,23,29-30,38-39H,3-12,15-16,21-22,24-27H2,1-2H3. The number of halogens is 1. The van der Waals surface area contributed by atoms with Crippen LogP contribution in [0.4, 0.5) is 0 Å². The monoisotopic (exact) mass is 660 g/mol. The molecule has 0 aliphatic heterocycles. The minimum absolute atomic E-state index is 0.122. The van der Waals surface area contributed by atoms with Crippen LogP contribution in [-0.4, -0.2) is 62.1 Å². The van der Waals surface area contributed by atoms with Crippen molar-refractivity contribution in [3.63, 3.8) is 0 Å². The molecular formula is C36H53BrO6. The van der Waals surface area contributed by atoms with Crippen LogP contribution in [0.1, 0.15) is 90.9 Å². The number of hydrogen-bond acceptors (Lipinski definition) is 6. The van der Waals surface area contributed by atoms with E-state index in [-0.39, 0.29) is 26.4 Å². The predicted octanol–water partition coefficient (Wildman–Crippen LogP) is 8.99. The summed E-state index contributed by atoms with van der Waals surface area (Å²) in [5.41, 5.74) is 0. The zero-order valence-electron chi connectivity index (χ0n) is 26.3. The number of unbranched alkanes of at least 4 members (excludes halogenated alkanes) is 10.